The zero-order valence-corrected chi connectivity index (χ0v) is 18.2. The average Bonchev–Trinajstić information content (AvgIpc) is 3.20. The Kier molecular flexibility index (Phi) is 7.47. The molecule has 0 bridgehead atoms. The van der Waals surface area contributed by atoms with E-state index < -0.39 is 0 Å². The molecule has 1 aromatic heterocycles. The minimum absolute atomic E-state index is 0.0672. The number of halogens is 1. The maximum Gasteiger partial charge on any atom is 0.293 e. The zero-order chi connectivity index (χ0) is 19.9. The third kappa shape index (κ3) is 5.80. The molecule has 1 aliphatic rings. The van der Waals surface area contributed by atoms with Crippen LogP contribution in [-0.2, 0) is 16.0 Å². The molecule has 3 rings (SSSR count). The monoisotopic (exact) mass is 478 g/mol. The number of nitrogens with zero attached hydrogens (tertiary/aromatic N) is 1. The molecule has 2 heterocycles. The fraction of sp³-hybridized carbons (Fsp3) is 0.250. The van der Waals surface area contributed by atoms with Crippen LogP contribution in [0.5, 0.6) is 0 Å². The molecule has 146 valence electrons. The van der Waals surface area contributed by atoms with Crippen molar-refractivity contribution in [2.45, 2.75) is 19.3 Å². The predicted octanol–water partition coefficient (Wildman–Crippen LogP) is 4.69. The molecule has 2 aromatic rings. The molecule has 1 aromatic carbocycles. The summed E-state index contributed by atoms with van der Waals surface area (Å²) >= 11 is 6.03. The van der Waals surface area contributed by atoms with E-state index in [0.29, 0.717) is 11.3 Å². The van der Waals surface area contributed by atoms with Crippen molar-refractivity contribution >= 4 is 62.2 Å². The van der Waals surface area contributed by atoms with Crippen molar-refractivity contribution in [2.75, 3.05) is 13.1 Å². The summed E-state index contributed by atoms with van der Waals surface area (Å²) in [6.07, 6.45) is 3.76. The number of aryl methyl sites for hydroxylation is 1. The summed E-state index contributed by atoms with van der Waals surface area (Å²) < 4.78 is 1.09. The number of hydrogen-bond acceptors (Lipinski definition) is 5. The van der Waals surface area contributed by atoms with Crippen molar-refractivity contribution in [1.82, 2.24) is 10.2 Å². The molecule has 1 fully saturated rings. The lowest BCUT2D eigenvalue weighted by Crippen LogP contribution is -2.37. The smallest absolute Gasteiger partial charge is 0.293 e. The van der Waals surface area contributed by atoms with Gasteiger partial charge in [0.1, 0.15) is 0 Å². The number of hydrogen-bond donors (Lipinski definition) is 1. The molecule has 8 heteroatoms. The van der Waals surface area contributed by atoms with Crippen LogP contribution >= 0.6 is 39.0 Å². The Hall–Kier alpha value is -1.90. The zero-order valence-electron chi connectivity index (χ0n) is 15.0. The van der Waals surface area contributed by atoms with E-state index in [9.17, 15) is 14.4 Å². The lowest BCUT2D eigenvalue weighted by molar-refractivity contribution is -0.124. The molecule has 1 saturated heterocycles. The number of nitrogens with one attached hydrogen (secondary N) is 1. The first-order valence-corrected chi connectivity index (χ1v) is 11.3. The number of benzene rings is 1. The summed E-state index contributed by atoms with van der Waals surface area (Å²) in [4.78, 5) is 39.3. The summed E-state index contributed by atoms with van der Waals surface area (Å²) in [5.41, 5.74) is 0.874. The Bertz CT molecular complexity index is 896. The molecule has 5 nitrogen and oxygen atoms in total. The van der Waals surface area contributed by atoms with Gasteiger partial charge in [-0.1, -0.05) is 30.3 Å². The summed E-state index contributed by atoms with van der Waals surface area (Å²) in [6.45, 7) is 0.445. The second-order valence-electron chi connectivity index (χ2n) is 6.15. The number of carbonyl (C=O) groups excluding carboxylic acids is 3. The van der Waals surface area contributed by atoms with E-state index >= 15 is 0 Å². The van der Waals surface area contributed by atoms with Crippen LogP contribution in [0.3, 0.4) is 0 Å². The first kappa shape index (κ1) is 20.8. The van der Waals surface area contributed by atoms with E-state index in [2.05, 4.69) is 27.3 Å². The van der Waals surface area contributed by atoms with Crippen LogP contribution in [0.2, 0.25) is 0 Å². The van der Waals surface area contributed by atoms with E-state index in [1.54, 1.807) is 17.4 Å². The number of thiophene rings is 1. The van der Waals surface area contributed by atoms with E-state index in [1.165, 1.54) is 9.78 Å². The number of thioether (sulfide) groups is 1. The van der Waals surface area contributed by atoms with Gasteiger partial charge in [-0.2, -0.15) is 0 Å². The molecule has 1 N–H and O–H groups in total. The summed E-state index contributed by atoms with van der Waals surface area (Å²) in [5, 5.41) is 2.49. The molecule has 3 amide bonds. The van der Waals surface area contributed by atoms with Crippen LogP contribution in [0.25, 0.3) is 6.08 Å². The van der Waals surface area contributed by atoms with Gasteiger partial charge in [-0.15, -0.1) is 11.3 Å². The molecule has 0 atom stereocenters. The molecular weight excluding hydrogens is 460 g/mol. The van der Waals surface area contributed by atoms with Gasteiger partial charge in [-0.05, 0) is 64.3 Å². The minimum Gasteiger partial charge on any atom is -0.354 e. The van der Waals surface area contributed by atoms with Crippen LogP contribution in [0.1, 0.15) is 23.3 Å². The average molecular weight is 479 g/mol. The molecule has 28 heavy (non-hydrogen) atoms. The number of imide groups is 1. The number of amides is 3. The van der Waals surface area contributed by atoms with Crippen molar-refractivity contribution in [1.29, 1.82) is 0 Å². The van der Waals surface area contributed by atoms with Crippen molar-refractivity contribution in [3.63, 3.8) is 0 Å². The molecule has 0 radical (unpaired) electrons. The molecule has 1 aliphatic heterocycles. The normalized spacial score (nSPS) is 15.5. The van der Waals surface area contributed by atoms with Crippen molar-refractivity contribution < 1.29 is 14.4 Å². The second kappa shape index (κ2) is 10.0. The van der Waals surface area contributed by atoms with Crippen molar-refractivity contribution in [2.24, 2.45) is 0 Å². The lowest BCUT2D eigenvalue weighted by Gasteiger charge is -2.13. The van der Waals surface area contributed by atoms with E-state index in [1.807, 2.05) is 36.4 Å². The molecule has 0 saturated carbocycles. The quantitative estimate of drug-likeness (QED) is 0.559. The second-order valence-corrected chi connectivity index (χ2v) is 9.69. The third-order valence-electron chi connectivity index (χ3n) is 4.08. The Balaban J connectivity index is 1.41. The number of carbonyl (C=O) groups is 3. The topological polar surface area (TPSA) is 66.5 Å². The minimum atomic E-state index is -0.309. The van der Waals surface area contributed by atoms with Gasteiger partial charge in [0.05, 0.1) is 8.69 Å². The Morgan fingerprint density at radius 3 is 2.64 bits per heavy atom. The highest BCUT2D eigenvalue weighted by atomic mass is 79.9. The molecule has 0 unspecified atom stereocenters. The van der Waals surface area contributed by atoms with Gasteiger partial charge < -0.3 is 5.32 Å². The highest BCUT2D eigenvalue weighted by molar-refractivity contribution is 9.11. The molecule has 0 aliphatic carbocycles. The fourth-order valence-corrected chi connectivity index (χ4v) is 5.09. The summed E-state index contributed by atoms with van der Waals surface area (Å²) in [6, 6.07) is 13.5. The Morgan fingerprint density at radius 2 is 1.93 bits per heavy atom. The van der Waals surface area contributed by atoms with Crippen LogP contribution < -0.4 is 5.32 Å². The highest BCUT2D eigenvalue weighted by Gasteiger charge is 2.34. The SMILES string of the molecule is O=C(CCCc1ccc(Br)s1)NCCN1C(=O)S/C(=C\c2ccccc2)C1=O. The van der Waals surface area contributed by atoms with Gasteiger partial charge in [-0.3, -0.25) is 19.3 Å². The maximum atomic E-state index is 12.4. The van der Waals surface area contributed by atoms with Crippen LogP contribution in [0, 0.1) is 0 Å². The van der Waals surface area contributed by atoms with Gasteiger partial charge in [0.25, 0.3) is 11.1 Å². The highest BCUT2D eigenvalue weighted by Crippen LogP contribution is 2.31. The maximum absolute atomic E-state index is 12.4. The van der Waals surface area contributed by atoms with Gasteiger partial charge >= 0.3 is 0 Å². The van der Waals surface area contributed by atoms with E-state index in [4.69, 9.17) is 0 Å². The van der Waals surface area contributed by atoms with Crippen LogP contribution in [-0.4, -0.2) is 35.0 Å². The predicted molar refractivity (Wildman–Crippen MR) is 117 cm³/mol. The fourth-order valence-electron chi connectivity index (χ4n) is 2.70. The summed E-state index contributed by atoms with van der Waals surface area (Å²) in [7, 11) is 0. The first-order chi connectivity index (χ1) is 13.5. The molecular formula is C20H19BrN2O3S2. The van der Waals surface area contributed by atoms with Crippen molar-refractivity contribution in [3.8, 4) is 0 Å². The largest absolute Gasteiger partial charge is 0.354 e. The van der Waals surface area contributed by atoms with Gasteiger partial charge in [0.2, 0.25) is 5.91 Å². The Morgan fingerprint density at radius 1 is 1.14 bits per heavy atom. The van der Waals surface area contributed by atoms with Crippen LogP contribution in [0.15, 0.2) is 51.2 Å². The number of rotatable bonds is 8. The first-order valence-electron chi connectivity index (χ1n) is 8.84. The van der Waals surface area contributed by atoms with E-state index in [-0.39, 0.29) is 30.1 Å². The van der Waals surface area contributed by atoms with Gasteiger partial charge in [0.15, 0.2) is 0 Å². The van der Waals surface area contributed by atoms with E-state index in [0.717, 1.165) is 34.0 Å². The lowest BCUT2D eigenvalue weighted by atomic mass is 10.2. The third-order valence-corrected chi connectivity index (χ3v) is 6.68. The van der Waals surface area contributed by atoms with Crippen LogP contribution in [0.4, 0.5) is 4.79 Å². The van der Waals surface area contributed by atoms with Gasteiger partial charge in [-0.25, -0.2) is 0 Å². The van der Waals surface area contributed by atoms with Gasteiger partial charge in [0, 0.05) is 24.4 Å². The Labute approximate surface area is 180 Å². The van der Waals surface area contributed by atoms with Crippen molar-refractivity contribution in [3.05, 3.63) is 61.6 Å². The summed E-state index contributed by atoms with van der Waals surface area (Å²) in [5.74, 6) is -0.376. The standard InChI is InChI=1S/C20H19BrN2O3S2/c21-17-10-9-15(27-17)7-4-8-18(24)22-11-12-23-19(25)16(28-20(23)26)13-14-5-2-1-3-6-14/h1-3,5-6,9-10,13H,4,7-8,11-12H2,(H,22,24)/b16-13-. The molecule has 0 spiro atoms.